The van der Waals surface area contributed by atoms with Gasteiger partial charge in [0.15, 0.2) is 0 Å². The fourth-order valence-corrected chi connectivity index (χ4v) is 1.91. The Bertz CT molecular complexity index is 211. The van der Waals surface area contributed by atoms with Crippen LogP contribution in [0.1, 0.15) is 19.3 Å². The van der Waals surface area contributed by atoms with Gasteiger partial charge in [0.2, 0.25) is 5.91 Å². The molecule has 0 spiro atoms. The van der Waals surface area contributed by atoms with Crippen LogP contribution in [0.2, 0.25) is 0 Å². The van der Waals surface area contributed by atoms with Gasteiger partial charge < -0.3 is 10.1 Å². The van der Waals surface area contributed by atoms with Crippen molar-refractivity contribution in [2.75, 3.05) is 26.3 Å². The fraction of sp³-hybridized carbons (Fsp3) is 0.900. The first-order valence-electron chi connectivity index (χ1n) is 5.60. The van der Waals surface area contributed by atoms with Crippen LogP contribution in [0.4, 0.5) is 0 Å². The third-order valence-corrected chi connectivity index (χ3v) is 2.93. The van der Waals surface area contributed by atoms with E-state index in [9.17, 15) is 4.79 Å². The van der Waals surface area contributed by atoms with Crippen molar-refractivity contribution in [2.45, 2.75) is 25.4 Å². The second-order valence-electron chi connectivity index (χ2n) is 4.09. The van der Waals surface area contributed by atoms with Crippen LogP contribution in [-0.4, -0.2) is 38.3 Å². The number of hydrogen-bond donors (Lipinski definition) is 2. The Balaban J connectivity index is 1.66. The Kier molecular flexibility index (Phi) is 3.94. The summed E-state index contributed by atoms with van der Waals surface area (Å²) in [5.41, 5.74) is 2.56. The van der Waals surface area contributed by atoms with Crippen LogP contribution in [0.5, 0.6) is 0 Å². The summed E-state index contributed by atoms with van der Waals surface area (Å²) in [4.78, 5) is 17.0. The fourth-order valence-electron chi connectivity index (χ4n) is 1.91. The van der Waals surface area contributed by atoms with E-state index in [0.717, 1.165) is 32.4 Å². The van der Waals surface area contributed by atoms with Crippen molar-refractivity contribution in [2.24, 2.45) is 5.92 Å². The molecule has 0 aromatic carbocycles. The van der Waals surface area contributed by atoms with E-state index in [2.05, 4.69) is 10.8 Å². The molecular formula is C10H18N2O3. The van der Waals surface area contributed by atoms with Crippen molar-refractivity contribution >= 4 is 5.91 Å². The van der Waals surface area contributed by atoms with Crippen LogP contribution in [0, 0.1) is 5.92 Å². The molecule has 2 fully saturated rings. The van der Waals surface area contributed by atoms with Gasteiger partial charge in [-0.1, -0.05) is 0 Å². The highest BCUT2D eigenvalue weighted by Gasteiger charge is 2.23. The van der Waals surface area contributed by atoms with Crippen molar-refractivity contribution < 1.29 is 14.4 Å². The van der Waals surface area contributed by atoms with Crippen LogP contribution in [0.3, 0.4) is 0 Å². The molecule has 2 aliphatic heterocycles. The molecule has 86 valence electrons. The highest BCUT2D eigenvalue weighted by Crippen LogP contribution is 2.14. The van der Waals surface area contributed by atoms with Gasteiger partial charge in [0.05, 0.1) is 6.10 Å². The van der Waals surface area contributed by atoms with Crippen LogP contribution >= 0.6 is 0 Å². The lowest BCUT2D eigenvalue weighted by atomic mass is 10.00. The molecule has 2 rings (SSSR count). The summed E-state index contributed by atoms with van der Waals surface area (Å²) < 4.78 is 5.20. The Hall–Kier alpha value is -0.650. The maximum Gasteiger partial charge on any atom is 0.246 e. The number of carbonyl (C=O) groups is 1. The average Bonchev–Trinajstić information content (AvgIpc) is 2.80. The molecule has 0 aromatic rings. The molecule has 1 amide bonds. The van der Waals surface area contributed by atoms with E-state index in [4.69, 9.17) is 9.57 Å². The number of carbonyl (C=O) groups excluding carboxylic acids is 1. The Labute approximate surface area is 89.5 Å². The quantitative estimate of drug-likeness (QED) is 0.640. The first kappa shape index (κ1) is 10.9. The van der Waals surface area contributed by atoms with Gasteiger partial charge in [-0.15, -0.1) is 0 Å². The molecule has 5 nitrogen and oxygen atoms in total. The molecule has 1 atom stereocenters. The van der Waals surface area contributed by atoms with Crippen molar-refractivity contribution in [3.8, 4) is 0 Å². The molecule has 2 heterocycles. The van der Waals surface area contributed by atoms with E-state index in [1.807, 2.05) is 0 Å². The van der Waals surface area contributed by atoms with E-state index in [1.54, 1.807) is 0 Å². The minimum absolute atomic E-state index is 0.00481. The molecule has 2 saturated heterocycles. The predicted molar refractivity (Wildman–Crippen MR) is 54.0 cm³/mol. The third kappa shape index (κ3) is 3.15. The summed E-state index contributed by atoms with van der Waals surface area (Å²) in [6, 6.07) is 0. The van der Waals surface area contributed by atoms with E-state index in [-0.39, 0.29) is 17.9 Å². The maximum atomic E-state index is 11.6. The number of hydroxylamine groups is 1. The second-order valence-corrected chi connectivity index (χ2v) is 4.09. The normalized spacial score (nSPS) is 27.9. The van der Waals surface area contributed by atoms with Gasteiger partial charge in [-0.25, -0.2) is 5.48 Å². The highest BCUT2D eigenvalue weighted by molar-refractivity contribution is 5.77. The number of nitrogens with one attached hydrogen (secondary N) is 2. The maximum absolute atomic E-state index is 11.6. The first-order valence-corrected chi connectivity index (χ1v) is 5.60. The Morgan fingerprint density at radius 3 is 2.80 bits per heavy atom. The Morgan fingerprint density at radius 1 is 1.33 bits per heavy atom. The Morgan fingerprint density at radius 2 is 2.13 bits per heavy atom. The molecule has 2 N–H and O–H groups in total. The van der Waals surface area contributed by atoms with E-state index < -0.39 is 0 Å². The summed E-state index contributed by atoms with van der Waals surface area (Å²) in [5.74, 6) is 0.0679. The molecule has 5 heteroatoms. The van der Waals surface area contributed by atoms with Gasteiger partial charge in [-0.05, 0) is 25.8 Å². The zero-order valence-electron chi connectivity index (χ0n) is 8.83. The summed E-state index contributed by atoms with van der Waals surface area (Å²) >= 11 is 0. The summed E-state index contributed by atoms with van der Waals surface area (Å²) in [7, 11) is 0. The van der Waals surface area contributed by atoms with Crippen molar-refractivity contribution in [1.29, 1.82) is 0 Å². The standard InChI is InChI=1S/C10H18N2O3/c13-10(8-2-5-14-6-3-8)12-15-9-1-4-11-7-9/h8-9,11H,1-7H2,(H,12,13). The topological polar surface area (TPSA) is 59.6 Å². The lowest BCUT2D eigenvalue weighted by Crippen LogP contribution is -2.37. The van der Waals surface area contributed by atoms with E-state index in [1.165, 1.54) is 0 Å². The molecule has 2 aliphatic rings. The average molecular weight is 214 g/mol. The monoisotopic (exact) mass is 214 g/mol. The molecule has 0 aliphatic carbocycles. The first-order chi connectivity index (χ1) is 7.36. The number of amides is 1. The second kappa shape index (κ2) is 5.44. The number of hydrogen-bond acceptors (Lipinski definition) is 4. The smallest absolute Gasteiger partial charge is 0.246 e. The lowest BCUT2D eigenvalue weighted by Gasteiger charge is -2.21. The van der Waals surface area contributed by atoms with Gasteiger partial charge in [0.1, 0.15) is 0 Å². The largest absolute Gasteiger partial charge is 0.381 e. The molecule has 0 aromatic heterocycles. The minimum Gasteiger partial charge on any atom is -0.381 e. The molecular weight excluding hydrogens is 196 g/mol. The van der Waals surface area contributed by atoms with E-state index in [0.29, 0.717) is 13.2 Å². The van der Waals surface area contributed by atoms with Gasteiger partial charge in [-0.3, -0.25) is 9.63 Å². The van der Waals surface area contributed by atoms with Gasteiger partial charge >= 0.3 is 0 Å². The third-order valence-electron chi connectivity index (χ3n) is 2.93. The van der Waals surface area contributed by atoms with Crippen molar-refractivity contribution in [3.05, 3.63) is 0 Å². The van der Waals surface area contributed by atoms with Crippen LogP contribution < -0.4 is 10.8 Å². The van der Waals surface area contributed by atoms with Crippen LogP contribution in [0.25, 0.3) is 0 Å². The number of ether oxygens (including phenoxy) is 1. The van der Waals surface area contributed by atoms with Crippen LogP contribution in [-0.2, 0) is 14.4 Å². The van der Waals surface area contributed by atoms with Crippen molar-refractivity contribution in [1.82, 2.24) is 10.8 Å². The zero-order chi connectivity index (χ0) is 10.5. The highest BCUT2D eigenvalue weighted by atomic mass is 16.7. The number of rotatable bonds is 3. The van der Waals surface area contributed by atoms with Crippen LogP contribution in [0.15, 0.2) is 0 Å². The summed E-state index contributed by atoms with van der Waals surface area (Å²) in [6.07, 6.45) is 2.71. The zero-order valence-corrected chi connectivity index (χ0v) is 8.83. The summed E-state index contributed by atoms with van der Waals surface area (Å²) in [6.45, 7) is 3.16. The molecule has 0 bridgehead atoms. The minimum atomic E-state index is 0.00481. The molecule has 0 radical (unpaired) electrons. The lowest BCUT2D eigenvalue weighted by molar-refractivity contribution is -0.144. The SMILES string of the molecule is O=C(NOC1CCNC1)C1CCOCC1. The van der Waals surface area contributed by atoms with Gasteiger partial charge in [-0.2, -0.15) is 0 Å². The molecule has 1 unspecified atom stereocenters. The van der Waals surface area contributed by atoms with Gasteiger partial charge in [0, 0.05) is 25.7 Å². The van der Waals surface area contributed by atoms with E-state index >= 15 is 0 Å². The van der Waals surface area contributed by atoms with Crippen molar-refractivity contribution in [3.63, 3.8) is 0 Å². The van der Waals surface area contributed by atoms with Gasteiger partial charge in [0.25, 0.3) is 0 Å². The molecule has 15 heavy (non-hydrogen) atoms. The molecule has 0 saturated carbocycles. The summed E-state index contributed by atoms with van der Waals surface area (Å²) in [5, 5.41) is 3.18. The predicted octanol–water partition coefficient (Wildman–Crippen LogP) is -0.177.